The third-order valence-corrected chi connectivity index (χ3v) is 3.75. The van der Waals surface area contributed by atoms with Crippen molar-refractivity contribution in [2.45, 2.75) is 33.1 Å². The van der Waals surface area contributed by atoms with Crippen LogP contribution in [0.5, 0.6) is 0 Å². The minimum Gasteiger partial charge on any atom is -0.339 e. The van der Waals surface area contributed by atoms with Crippen molar-refractivity contribution in [1.82, 2.24) is 4.90 Å². The standard InChI is InChI=1S/C13H21NO/c1-4-14(8-9(2)3)13(15)12-6-10-5-11(10)7-12/h10-12H,2,4-8H2,1,3H3. The van der Waals surface area contributed by atoms with Crippen LogP contribution in [0.1, 0.15) is 33.1 Å². The molecule has 0 spiro atoms. The molecule has 0 aromatic heterocycles. The summed E-state index contributed by atoms with van der Waals surface area (Å²) in [6.07, 6.45) is 3.68. The van der Waals surface area contributed by atoms with Crippen molar-refractivity contribution >= 4 is 5.91 Å². The van der Waals surface area contributed by atoms with Crippen LogP contribution in [0.3, 0.4) is 0 Å². The maximum absolute atomic E-state index is 12.2. The summed E-state index contributed by atoms with van der Waals surface area (Å²) < 4.78 is 0. The van der Waals surface area contributed by atoms with Crippen LogP contribution in [-0.2, 0) is 4.79 Å². The number of hydrogen-bond acceptors (Lipinski definition) is 1. The lowest BCUT2D eigenvalue weighted by atomic mass is 10.0. The van der Waals surface area contributed by atoms with Crippen molar-refractivity contribution in [3.05, 3.63) is 12.2 Å². The molecular weight excluding hydrogens is 186 g/mol. The first kappa shape index (κ1) is 10.7. The quantitative estimate of drug-likeness (QED) is 0.648. The fraction of sp³-hybridized carbons (Fsp3) is 0.769. The van der Waals surface area contributed by atoms with E-state index in [4.69, 9.17) is 0 Å². The van der Waals surface area contributed by atoms with Gasteiger partial charge < -0.3 is 4.90 Å². The summed E-state index contributed by atoms with van der Waals surface area (Å²) in [4.78, 5) is 14.1. The minimum atomic E-state index is 0.327. The van der Waals surface area contributed by atoms with Crippen molar-refractivity contribution in [3.63, 3.8) is 0 Å². The van der Waals surface area contributed by atoms with E-state index in [1.165, 1.54) is 6.42 Å². The Kier molecular flexibility index (Phi) is 2.85. The number of likely N-dealkylation sites (N-methyl/N-ethyl adjacent to an activating group) is 1. The second-order valence-corrected chi connectivity index (χ2v) is 5.23. The van der Waals surface area contributed by atoms with Gasteiger partial charge in [-0.1, -0.05) is 12.2 Å². The van der Waals surface area contributed by atoms with Crippen LogP contribution in [0.4, 0.5) is 0 Å². The number of fused-ring (bicyclic) bond motifs is 1. The van der Waals surface area contributed by atoms with Crippen LogP contribution in [0.15, 0.2) is 12.2 Å². The third kappa shape index (κ3) is 2.24. The van der Waals surface area contributed by atoms with E-state index in [0.29, 0.717) is 11.8 Å². The summed E-state index contributed by atoms with van der Waals surface area (Å²) in [6.45, 7) is 9.48. The van der Waals surface area contributed by atoms with E-state index in [2.05, 4.69) is 13.5 Å². The van der Waals surface area contributed by atoms with Gasteiger partial charge in [0.05, 0.1) is 0 Å². The van der Waals surface area contributed by atoms with Crippen LogP contribution in [0.2, 0.25) is 0 Å². The van der Waals surface area contributed by atoms with Gasteiger partial charge in [-0.05, 0) is 44.9 Å². The van der Waals surface area contributed by atoms with Gasteiger partial charge in [0, 0.05) is 19.0 Å². The van der Waals surface area contributed by atoms with Crippen molar-refractivity contribution in [2.24, 2.45) is 17.8 Å². The highest BCUT2D eigenvalue weighted by molar-refractivity contribution is 5.79. The summed E-state index contributed by atoms with van der Waals surface area (Å²) >= 11 is 0. The highest BCUT2D eigenvalue weighted by Crippen LogP contribution is 2.54. The van der Waals surface area contributed by atoms with Gasteiger partial charge in [0.15, 0.2) is 0 Å². The van der Waals surface area contributed by atoms with Crippen LogP contribution in [0, 0.1) is 17.8 Å². The first-order valence-corrected chi connectivity index (χ1v) is 6.05. The number of rotatable bonds is 4. The lowest BCUT2D eigenvalue weighted by molar-refractivity contribution is -0.135. The molecule has 0 N–H and O–H groups in total. The largest absolute Gasteiger partial charge is 0.339 e. The van der Waals surface area contributed by atoms with Crippen LogP contribution < -0.4 is 0 Å². The average Bonchev–Trinajstić information content (AvgIpc) is 2.81. The van der Waals surface area contributed by atoms with Gasteiger partial charge in [0.25, 0.3) is 0 Å². The van der Waals surface area contributed by atoms with Crippen molar-refractivity contribution in [2.75, 3.05) is 13.1 Å². The zero-order valence-electron chi connectivity index (χ0n) is 9.83. The number of hydrogen-bond donors (Lipinski definition) is 0. The SMILES string of the molecule is C=C(C)CN(CC)C(=O)C1CC2CC2C1. The minimum absolute atomic E-state index is 0.327. The first-order valence-electron chi connectivity index (χ1n) is 6.05. The molecule has 0 radical (unpaired) electrons. The molecular formula is C13H21NO. The lowest BCUT2D eigenvalue weighted by Crippen LogP contribution is -2.36. The molecule has 15 heavy (non-hydrogen) atoms. The number of amides is 1. The smallest absolute Gasteiger partial charge is 0.225 e. The topological polar surface area (TPSA) is 20.3 Å². The molecule has 2 saturated carbocycles. The highest BCUT2D eigenvalue weighted by Gasteiger charge is 2.48. The summed E-state index contributed by atoms with van der Waals surface area (Å²) in [5.74, 6) is 2.48. The van der Waals surface area contributed by atoms with Gasteiger partial charge >= 0.3 is 0 Å². The van der Waals surface area contributed by atoms with E-state index in [1.807, 2.05) is 11.8 Å². The molecule has 2 aliphatic rings. The molecule has 0 aromatic carbocycles. The Balaban J connectivity index is 1.89. The van der Waals surface area contributed by atoms with E-state index in [9.17, 15) is 4.79 Å². The number of carbonyl (C=O) groups is 1. The van der Waals surface area contributed by atoms with Crippen LogP contribution in [0.25, 0.3) is 0 Å². The Bertz CT molecular complexity index is 274. The summed E-state index contributed by atoms with van der Waals surface area (Å²) in [6, 6.07) is 0. The molecule has 0 saturated heterocycles. The van der Waals surface area contributed by atoms with E-state index in [0.717, 1.165) is 43.3 Å². The summed E-state index contributed by atoms with van der Waals surface area (Å²) in [5.41, 5.74) is 1.08. The van der Waals surface area contributed by atoms with Gasteiger partial charge in [0.2, 0.25) is 5.91 Å². The maximum Gasteiger partial charge on any atom is 0.225 e. The van der Waals surface area contributed by atoms with E-state index >= 15 is 0 Å². The van der Waals surface area contributed by atoms with E-state index in [-0.39, 0.29) is 0 Å². The predicted molar refractivity (Wildman–Crippen MR) is 61.4 cm³/mol. The first-order chi connectivity index (χ1) is 7.11. The normalized spacial score (nSPS) is 32.3. The van der Waals surface area contributed by atoms with Gasteiger partial charge in [-0.3, -0.25) is 4.79 Å². The Hall–Kier alpha value is -0.790. The fourth-order valence-corrected chi connectivity index (χ4v) is 2.85. The molecule has 2 rings (SSSR count). The molecule has 0 heterocycles. The molecule has 84 valence electrons. The average molecular weight is 207 g/mol. The van der Waals surface area contributed by atoms with Gasteiger partial charge in [-0.2, -0.15) is 0 Å². The molecule has 2 fully saturated rings. The highest BCUT2D eigenvalue weighted by atomic mass is 16.2. The molecule has 1 amide bonds. The molecule has 0 bridgehead atoms. The molecule has 2 heteroatoms. The van der Waals surface area contributed by atoms with Crippen molar-refractivity contribution in [3.8, 4) is 0 Å². The third-order valence-electron chi connectivity index (χ3n) is 3.75. The monoisotopic (exact) mass is 207 g/mol. The second kappa shape index (κ2) is 3.99. The van der Waals surface area contributed by atoms with Crippen LogP contribution >= 0.6 is 0 Å². The zero-order valence-corrected chi connectivity index (χ0v) is 9.83. The van der Waals surface area contributed by atoms with Gasteiger partial charge in [-0.15, -0.1) is 0 Å². The summed E-state index contributed by atoms with van der Waals surface area (Å²) in [7, 11) is 0. The van der Waals surface area contributed by atoms with Crippen molar-refractivity contribution < 1.29 is 4.79 Å². The second-order valence-electron chi connectivity index (χ2n) is 5.23. The fourth-order valence-electron chi connectivity index (χ4n) is 2.85. The molecule has 0 aromatic rings. The van der Waals surface area contributed by atoms with Crippen LogP contribution in [-0.4, -0.2) is 23.9 Å². The molecule has 2 atom stereocenters. The van der Waals surface area contributed by atoms with E-state index in [1.54, 1.807) is 0 Å². The van der Waals surface area contributed by atoms with Crippen molar-refractivity contribution in [1.29, 1.82) is 0 Å². The number of nitrogens with zero attached hydrogens (tertiary/aromatic N) is 1. The zero-order chi connectivity index (χ0) is 11.0. The van der Waals surface area contributed by atoms with E-state index < -0.39 is 0 Å². The molecule has 2 unspecified atom stereocenters. The summed E-state index contributed by atoms with van der Waals surface area (Å²) in [5, 5.41) is 0. The molecule has 0 aliphatic heterocycles. The molecule has 2 nitrogen and oxygen atoms in total. The Morgan fingerprint density at radius 3 is 2.40 bits per heavy atom. The lowest BCUT2D eigenvalue weighted by Gasteiger charge is -2.25. The Morgan fingerprint density at radius 2 is 1.93 bits per heavy atom. The maximum atomic E-state index is 12.2. The predicted octanol–water partition coefficient (Wildman–Crippen LogP) is 2.46. The van der Waals surface area contributed by atoms with Gasteiger partial charge in [-0.25, -0.2) is 0 Å². The Morgan fingerprint density at radius 1 is 1.33 bits per heavy atom. The number of carbonyl (C=O) groups excluding carboxylic acids is 1. The Labute approximate surface area is 92.3 Å². The molecule has 2 aliphatic carbocycles. The van der Waals surface area contributed by atoms with Gasteiger partial charge in [0.1, 0.15) is 0 Å².